The summed E-state index contributed by atoms with van der Waals surface area (Å²) in [5.74, 6) is 1.22. The number of benzene rings is 3. The van der Waals surface area contributed by atoms with Crippen molar-refractivity contribution in [2.75, 3.05) is 45.1 Å². The summed E-state index contributed by atoms with van der Waals surface area (Å²) < 4.78 is 21.8. The molecule has 1 heterocycles. The molecule has 0 bridgehead atoms. The van der Waals surface area contributed by atoms with Crippen LogP contribution in [0.5, 0.6) is 17.2 Å². The highest BCUT2D eigenvalue weighted by Crippen LogP contribution is 2.39. The monoisotopic (exact) mass is 765 g/mol. The number of aryl methyl sites for hydroxylation is 1. The van der Waals surface area contributed by atoms with Gasteiger partial charge in [0.15, 0.2) is 11.5 Å². The molecule has 3 aromatic rings. The number of anilines is 2. The zero-order valence-corrected chi connectivity index (χ0v) is 32.8. The second kappa shape index (κ2) is 18.4. The highest BCUT2D eigenvalue weighted by atomic mass is 35.5. The fourth-order valence-electron chi connectivity index (χ4n) is 6.62. The van der Waals surface area contributed by atoms with E-state index in [1.54, 1.807) is 64.2 Å². The Kier molecular flexibility index (Phi) is 14.2. The molecule has 1 aliphatic heterocycles. The summed E-state index contributed by atoms with van der Waals surface area (Å²) >= 11 is 0. The number of esters is 1. The highest BCUT2D eigenvalue weighted by Gasteiger charge is 2.53. The van der Waals surface area contributed by atoms with Crippen LogP contribution in [0.2, 0.25) is 0 Å². The Morgan fingerprint density at radius 1 is 0.889 bits per heavy atom. The Hall–Kier alpha value is -5.01. The lowest BCUT2D eigenvalue weighted by Crippen LogP contribution is -2.48. The van der Waals surface area contributed by atoms with Crippen LogP contribution >= 0.6 is 12.4 Å². The first-order valence-corrected chi connectivity index (χ1v) is 18.0. The molecular formula is C40H52ClN5O8. The lowest BCUT2D eigenvalue weighted by Gasteiger charge is -2.29. The maximum atomic E-state index is 14.3. The third-order valence-electron chi connectivity index (χ3n) is 9.86. The first-order valence-electron chi connectivity index (χ1n) is 18.0. The number of rotatable bonds is 17. The van der Waals surface area contributed by atoms with E-state index in [0.717, 1.165) is 29.5 Å². The molecule has 5 amide bonds. The van der Waals surface area contributed by atoms with Gasteiger partial charge in [0.1, 0.15) is 11.3 Å². The van der Waals surface area contributed by atoms with Gasteiger partial charge in [0.25, 0.3) is 5.91 Å². The molecule has 2 atom stereocenters. The van der Waals surface area contributed by atoms with E-state index in [9.17, 15) is 19.2 Å². The SMILES string of the molecule is CCOC(=O)C[C@H](NC[C@H](CC1CC1)N1C(=O)N(Cc2ccc(NC(=O)Nc3ccccc3C)c(OC)c2)C(C)(C)C1=O)c1ccc(OC)c(OC)c1.Cl. The van der Waals surface area contributed by atoms with Crippen LogP contribution in [0, 0.1) is 12.8 Å². The lowest BCUT2D eigenvalue weighted by molar-refractivity contribution is -0.144. The summed E-state index contributed by atoms with van der Waals surface area (Å²) in [6.45, 7) is 7.84. The van der Waals surface area contributed by atoms with Crippen LogP contribution in [0.25, 0.3) is 0 Å². The van der Waals surface area contributed by atoms with Crippen LogP contribution in [0.4, 0.5) is 21.0 Å². The maximum absolute atomic E-state index is 14.3. The van der Waals surface area contributed by atoms with Gasteiger partial charge in [-0.15, -0.1) is 12.4 Å². The zero-order valence-electron chi connectivity index (χ0n) is 32.0. The van der Waals surface area contributed by atoms with Gasteiger partial charge >= 0.3 is 18.0 Å². The van der Waals surface area contributed by atoms with E-state index in [4.69, 9.17) is 18.9 Å². The van der Waals surface area contributed by atoms with E-state index in [0.29, 0.717) is 41.0 Å². The number of hydrogen-bond donors (Lipinski definition) is 3. The molecule has 2 fully saturated rings. The molecular weight excluding hydrogens is 714 g/mol. The van der Waals surface area contributed by atoms with Crippen LogP contribution in [-0.2, 0) is 20.9 Å². The fraction of sp³-hybridized carbons (Fsp3) is 0.450. The van der Waals surface area contributed by atoms with E-state index >= 15 is 0 Å². The fourth-order valence-corrected chi connectivity index (χ4v) is 6.62. The normalized spacial score (nSPS) is 15.9. The third kappa shape index (κ3) is 9.74. The van der Waals surface area contributed by atoms with Gasteiger partial charge in [-0.05, 0) is 87.1 Å². The predicted octanol–water partition coefficient (Wildman–Crippen LogP) is 7.08. The molecule has 0 unspecified atom stereocenters. The van der Waals surface area contributed by atoms with Crippen molar-refractivity contribution in [3.05, 3.63) is 77.4 Å². The number of halogens is 1. The number of nitrogens with zero attached hydrogens (tertiary/aromatic N) is 2. The molecule has 1 saturated carbocycles. The van der Waals surface area contributed by atoms with Crippen LogP contribution in [0.15, 0.2) is 60.7 Å². The summed E-state index contributed by atoms with van der Waals surface area (Å²) in [6, 6.07) is 16.5. The molecule has 14 heteroatoms. The Balaban J connectivity index is 0.00000650. The van der Waals surface area contributed by atoms with Crippen molar-refractivity contribution in [1.29, 1.82) is 0 Å². The first-order chi connectivity index (χ1) is 25.4. The molecule has 1 saturated heterocycles. The molecule has 3 N–H and O–H groups in total. The molecule has 0 spiro atoms. The van der Waals surface area contributed by atoms with E-state index < -0.39 is 23.7 Å². The van der Waals surface area contributed by atoms with Crippen LogP contribution < -0.4 is 30.2 Å². The maximum Gasteiger partial charge on any atom is 0.328 e. The number of ether oxygens (including phenoxy) is 4. The third-order valence-corrected chi connectivity index (χ3v) is 9.86. The molecule has 0 radical (unpaired) electrons. The van der Waals surface area contributed by atoms with Crippen molar-refractivity contribution in [2.45, 2.75) is 77.5 Å². The number of carbonyl (C=O) groups excluding carboxylic acids is 4. The zero-order chi connectivity index (χ0) is 38.3. The highest BCUT2D eigenvalue weighted by molar-refractivity contribution is 6.07. The summed E-state index contributed by atoms with van der Waals surface area (Å²) in [4.78, 5) is 56.9. The van der Waals surface area contributed by atoms with Crippen LogP contribution in [0.1, 0.15) is 69.2 Å². The average Bonchev–Trinajstić information content (AvgIpc) is 3.94. The number of carbonyl (C=O) groups is 4. The molecule has 0 aromatic heterocycles. The minimum absolute atomic E-state index is 0. The summed E-state index contributed by atoms with van der Waals surface area (Å²) in [6.07, 6.45) is 2.75. The summed E-state index contributed by atoms with van der Waals surface area (Å²) in [7, 11) is 4.61. The predicted molar refractivity (Wildman–Crippen MR) is 209 cm³/mol. The number of nitrogens with one attached hydrogen (secondary N) is 3. The second-order valence-electron chi connectivity index (χ2n) is 13.9. The molecule has 54 heavy (non-hydrogen) atoms. The van der Waals surface area contributed by atoms with Crippen molar-refractivity contribution in [2.24, 2.45) is 5.92 Å². The van der Waals surface area contributed by atoms with Crippen LogP contribution in [-0.4, -0.2) is 79.8 Å². The smallest absolute Gasteiger partial charge is 0.328 e. The molecule has 1 aliphatic carbocycles. The molecule has 3 aromatic carbocycles. The van der Waals surface area contributed by atoms with Crippen molar-refractivity contribution < 1.29 is 38.1 Å². The van der Waals surface area contributed by atoms with E-state index in [-0.39, 0.29) is 56.4 Å². The number of para-hydroxylation sites is 1. The standard InChI is InChI=1S/C40H51N5O8.ClH/c1-8-53-36(46)22-32(28-16-18-33(50-5)35(21-28)52-7)41-23-29(19-26-13-14-26)45-37(47)40(3,4)44(39(45)49)24-27-15-17-31(34(20-27)51-6)43-38(48)42-30-12-10-9-11-25(30)2;/h9-12,15-18,20-21,26,29,32,41H,8,13-14,19,22-24H2,1-7H3,(H2,42,43,48);1H/t29-,32-;/m0./s1. The molecule has 2 aliphatic rings. The minimum Gasteiger partial charge on any atom is -0.495 e. The minimum atomic E-state index is -1.13. The van der Waals surface area contributed by atoms with Crippen molar-refractivity contribution in [3.8, 4) is 17.2 Å². The van der Waals surface area contributed by atoms with E-state index in [2.05, 4.69) is 16.0 Å². The van der Waals surface area contributed by atoms with Crippen molar-refractivity contribution in [3.63, 3.8) is 0 Å². The number of amides is 5. The molecule has 5 rings (SSSR count). The van der Waals surface area contributed by atoms with Gasteiger partial charge in [-0.25, -0.2) is 9.59 Å². The number of methoxy groups -OCH3 is 3. The number of imide groups is 1. The van der Waals surface area contributed by atoms with Crippen LogP contribution in [0.3, 0.4) is 0 Å². The Morgan fingerprint density at radius 2 is 1.57 bits per heavy atom. The van der Waals surface area contributed by atoms with E-state index in [1.165, 1.54) is 12.0 Å². The average molecular weight is 766 g/mol. The molecule has 13 nitrogen and oxygen atoms in total. The molecule has 292 valence electrons. The Labute approximate surface area is 323 Å². The summed E-state index contributed by atoms with van der Waals surface area (Å²) in [5, 5.41) is 9.18. The largest absolute Gasteiger partial charge is 0.495 e. The van der Waals surface area contributed by atoms with Crippen molar-refractivity contribution >= 4 is 47.7 Å². The second-order valence-corrected chi connectivity index (χ2v) is 13.9. The van der Waals surface area contributed by atoms with E-state index in [1.807, 2.05) is 43.3 Å². The van der Waals surface area contributed by atoms with Crippen molar-refractivity contribution in [1.82, 2.24) is 15.1 Å². The van der Waals surface area contributed by atoms with Gasteiger partial charge in [0, 0.05) is 24.8 Å². The lowest BCUT2D eigenvalue weighted by atomic mass is 10.00. The van der Waals surface area contributed by atoms with Gasteiger partial charge in [-0.3, -0.25) is 14.5 Å². The van der Waals surface area contributed by atoms with Gasteiger partial charge in [-0.2, -0.15) is 0 Å². The first kappa shape index (κ1) is 41.7. The Morgan fingerprint density at radius 3 is 2.22 bits per heavy atom. The topological polar surface area (TPSA) is 148 Å². The van der Waals surface area contributed by atoms with Gasteiger partial charge in [0.05, 0.1) is 46.1 Å². The van der Waals surface area contributed by atoms with Gasteiger partial charge in [0.2, 0.25) is 0 Å². The number of hydrogen-bond acceptors (Lipinski definition) is 9. The van der Waals surface area contributed by atoms with Gasteiger partial charge < -0.3 is 39.8 Å². The quantitative estimate of drug-likeness (QED) is 0.0969. The Bertz CT molecular complexity index is 1820. The number of urea groups is 2. The van der Waals surface area contributed by atoms with Gasteiger partial charge in [-0.1, -0.05) is 43.2 Å². The summed E-state index contributed by atoms with van der Waals surface area (Å²) in [5.41, 5.74) is 2.44.